The fourth-order valence-electron chi connectivity index (χ4n) is 3.03. The second-order valence-electron chi connectivity index (χ2n) is 7.13. The molecule has 2 N–H and O–H groups in total. The maximum absolute atomic E-state index is 11.9. The van der Waals surface area contributed by atoms with Crippen molar-refractivity contribution in [3.8, 4) is 0 Å². The second kappa shape index (κ2) is 8.60. The minimum atomic E-state index is 0.0713. The number of likely N-dealkylation sites (N-methyl/N-ethyl adjacent to an activating group) is 1. The number of nitrogens with zero attached hydrogens (tertiary/aromatic N) is 3. The van der Waals surface area contributed by atoms with Crippen molar-refractivity contribution in [3.05, 3.63) is 46.5 Å². The van der Waals surface area contributed by atoms with Crippen LogP contribution < -0.4 is 10.2 Å². The number of carbonyl (C=O) groups is 1. The third-order valence-electron chi connectivity index (χ3n) is 4.53. The van der Waals surface area contributed by atoms with E-state index in [4.69, 9.17) is 17.3 Å². The Morgan fingerprint density at radius 1 is 1.35 bits per heavy atom. The Morgan fingerprint density at radius 3 is 2.73 bits per heavy atom. The lowest BCUT2D eigenvalue weighted by Crippen LogP contribution is -3.09. The zero-order valence-corrected chi connectivity index (χ0v) is 16.4. The Bertz CT molecular complexity index is 794. The van der Waals surface area contributed by atoms with E-state index in [1.807, 2.05) is 29.9 Å². The van der Waals surface area contributed by atoms with Crippen LogP contribution in [0.5, 0.6) is 0 Å². The van der Waals surface area contributed by atoms with Gasteiger partial charge in [-0.2, -0.15) is 9.78 Å². The highest BCUT2D eigenvalue weighted by Gasteiger charge is 2.30. The van der Waals surface area contributed by atoms with E-state index in [2.05, 4.69) is 28.9 Å². The van der Waals surface area contributed by atoms with Crippen LogP contribution in [0.4, 0.5) is 0 Å². The first-order valence-electron chi connectivity index (χ1n) is 9.38. The van der Waals surface area contributed by atoms with Crippen LogP contribution in [0, 0.1) is 4.77 Å². The van der Waals surface area contributed by atoms with Crippen LogP contribution in [0.15, 0.2) is 30.3 Å². The normalized spacial score (nSPS) is 15.0. The smallest absolute Gasteiger partial charge is 0.275 e. The molecule has 0 radical (unpaired) electrons. The highest BCUT2D eigenvalue weighted by molar-refractivity contribution is 7.71. The van der Waals surface area contributed by atoms with Crippen molar-refractivity contribution in [2.75, 3.05) is 20.1 Å². The van der Waals surface area contributed by atoms with Crippen LogP contribution in [0.2, 0.25) is 0 Å². The third-order valence-corrected chi connectivity index (χ3v) is 4.96. The molecule has 1 fully saturated rings. The third kappa shape index (κ3) is 4.80. The number of quaternary nitrogens is 1. The van der Waals surface area contributed by atoms with E-state index in [0.29, 0.717) is 19.1 Å². The predicted octanol–water partition coefficient (Wildman–Crippen LogP) is 1.34. The summed E-state index contributed by atoms with van der Waals surface area (Å²) < 4.78 is 4.78. The average molecular weight is 375 g/mol. The minimum Gasteiger partial charge on any atom is -0.351 e. The van der Waals surface area contributed by atoms with Crippen molar-refractivity contribution in [3.63, 3.8) is 0 Å². The number of aromatic nitrogens is 3. The summed E-state index contributed by atoms with van der Waals surface area (Å²) in [5.74, 6) is 1.68. The molecule has 0 bridgehead atoms. The summed E-state index contributed by atoms with van der Waals surface area (Å²) in [6.07, 6.45) is 3.32. The van der Waals surface area contributed by atoms with Gasteiger partial charge in [0.2, 0.25) is 4.77 Å². The van der Waals surface area contributed by atoms with E-state index in [9.17, 15) is 4.79 Å². The summed E-state index contributed by atoms with van der Waals surface area (Å²) in [6, 6.07) is 10.4. The Hall–Kier alpha value is -1.99. The molecule has 140 valence electrons. The summed E-state index contributed by atoms with van der Waals surface area (Å²) in [6.45, 7) is 4.55. The molecule has 1 heterocycles. The van der Waals surface area contributed by atoms with Gasteiger partial charge in [-0.15, -0.1) is 0 Å². The molecule has 1 saturated carbocycles. The zero-order valence-electron chi connectivity index (χ0n) is 15.6. The van der Waals surface area contributed by atoms with E-state index in [1.165, 1.54) is 18.4 Å². The van der Waals surface area contributed by atoms with Crippen molar-refractivity contribution in [2.24, 2.45) is 0 Å². The summed E-state index contributed by atoms with van der Waals surface area (Å²) >= 11 is 5.71. The quantitative estimate of drug-likeness (QED) is 0.651. The van der Waals surface area contributed by atoms with Gasteiger partial charge >= 0.3 is 0 Å². The largest absolute Gasteiger partial charge is 0.351 e. The highest BCUT2D eigenvalue weighted by Crippen LogP contribution is 2.39. The SMILES string of the molecule is CCCNC(=O)C[NH+](C)Cn1nc(C2CC2)n(Cc2ccccc2)c1=S. The molecule has 2 aromatic rings. The molecule has 1 unspecified atom stereocenters. The van der Waals surface area contributed by atoms with Gasteiger partial charge in [-0.25, -0.2) is 0 Å². The molecule has 0 aliphatic heterocycles. The number of nitrogens with one attached hydrogen (secondary N) is 2. The molecule has 1 aromatic heterocycles. The van der Waals surface area contributed by atoms with Gasteiger partial charge in [-0.3, -0.25) is 9.36 Å². The molecule has 7 heteroatoms. The molecular weight excluding hydrogens is 346 g/mol. The van der Waals surface area contributed by atoms with E-state index in [0.717, 1.165) is 35.0 Å². The standard InChI is InChI=1S/C19H27N5OS/c1-3-11-20-17(25)13-22(2)14-24-19(26)23(18(21-24)16-9-10-16)12-15-7-5-4-6-8-15/h4-8,16H,3,9-14H2,1-2H3,(H,20,25)/p+1. The summed E-state index contributed by atoms with van der Waals surface area (Å²) in [7, 11) is 2.00. The van der Waals surface area contributed by atoms with Gasteiger partial charge in [-0.05, 0) is 37.0 Å². The Balaban J connectivity index is 1.73. The highest BCUT2D eigenvalue weighted by atomic mass is 32.1. The first-order valence-corrected chi connectivity index (χ1v) is 9.78. The van der Waals surface area contributed by atoms with Gasteiger partial charge in [0, 0.05) is 12.5 Å². The number of benzene rings is 1. The molecule has 3 rings (SSSR count). The number of carbonyl (C=O) groups excluding carboxylic acids is 1. The number of amides is 1. The Labute approximate surface area is 159 Å². The van der Waals surface area contributed by atoms with Gasteiger partial charge in [0.25, 0.3) is 5.91 Å². The Kier molecular flexibility index (Phi) is 6.21. The lowest BCUT2D eigenvalue weighted by atomic mass is 10.2. The molecule has 1 aliphatic rings. The van der Waals surface area contributed by atoms with Gasteiger partial charge in [0.1, 0.15) is 5.82 Å². The van der Waals surface area contributed by atoms with Gasteiger partial charge in [-0.1, -0.05) is 37.3 Å². The van der Waals surface area contributed by atoms with E-state index in [1.54, 1.807) is 0 Å². The fourth-order valence-corrected chi connectivity index (χ4v) is 3.29. The minimum absolute atomic E-state index is 0.0713. The molecule has 1 amide bonds. The van der Waals surface area contributed by atoms with Crippen molar-refractivity contribution in [1.29, 1.82) is 0 Å². The molecule has 1 aromatic carbocycles. The van der Waals surface area contributed by atoms with Crippen molar-refractivity contribution >= 4 is 18.1 Å². The molecule has 26 heavy (non-hydrogen) atoms. The van der Waals surface area contributed by atoms with Crippen LogP contribution >= 0.6 is 12.2 Å². The predicted molar refractivity (Wildman–Crippen MR) is 104 cm³/mol. The molecule has 0 saturated heterocycles. The summed E-state index contributed by atoms with van der Waals surface area (Å²) in [5.41, 5.74) is 1.23. The molecular formula is C19H28N5OS+. The average Bonchev–Trinajstić information content (AvgIpc) is 3.43. The van der Waals surface area contributed by atoms with Gasteiger partial charge in [0.15, 0.2) is 13.2 Å². The maximum atomic E-state index is 11.9. The van der Waals surface area contributed by atoms with Crippen molar-refractivity contribution < 1.29 is 9.69 Å². The number of hydrogen-bond acceptors (Lipinski definition) is 3. The van der Waals surface area contributed by atoms with Gasteiger partial charge < -0.3 is 10.2 Å². The van der Waals surface area contributed by atoms with E-state index in [-0.39, 0.29) is 5.91 Å². The van der Waals surface area contributed by atoms with Crippen LogP contribution in [0.25, 0.3) is 0 Å². The first kappa shape index (κ1) is 18.8. The van der Waals surface area contributed by atoms with Crippen LogP contribution in [0.3, 0.4) is 0 Å². The number of rotatable bonds is 9. The second-order valence-corrected chi connectivity index (χ2v) is 7.49. The first-order chi connectivity index (χ1) is 12.6. The number of hydrogen-bond donors (Lipinski definition) is 2. The van der Waals surface area contributed by atoms with E-state index < -0.39 is 0 Å². The molecule has 0 spiro atoms. The lowest BCUT2D eigenvalue weighted by Gasteiger charge is -2.13. The maximum Gasteiger partial charge on any atom is 0.275 e. The summed E-state index contributed by atoms with van der Waals surface area (Å²) in [5, 5.41) is 7.72. The lowest BCUT2D eigenvalue weighted by molar-refractivity contribution is -0.895. The van der Waals surface area contributed by atoms with Gasteiger partial charge in [0.05, 0.1) is 13.6 Å². The fraction of sp³-hybridized carbons (Fsp3) is 0.526. The van der Waals surface area contributed by atoms with Crippen molar-refractivity contribution in [1.82, 2.24) is 19.7 Å². The molecule has 1 atom stereocenters. The van der Waals surface area contributed by atoms with E-state index >= 15 is 0 Å². The Morgan fingerprint density at radius 2 is 2.08 bits per heavy atom. The van der Waals surface area contributed by atoms with Crippen LogP contribution in [-0.2, 0) is 18.0 Å². The molecule has 1 aliphatic carbocycles. The van der Waals surface area contributed by atoms with Crippen molar-refractivity contribution in [2.45, 2.75) is 45.3 Å². The van der Waals surface area contributed by atoms with Crippen LogP contribution in [0.1, 0.15) is 43.5 Å². The zero-order chi connectivity index (χ0) is 18.5. The monoisotopic (exact) mass is 374 g/mol. The van der Waals surface area contributed by atoms with Crippen LogP contribution in [-0.4, -0.2) is 40.4 Å². The summed E-state index contributed by atoms with van der Waals surface area (Å²) in [4.78, 5) is 13.0. The topological polar surface area (TPSA) is 56.3 Å². The molecule has 6 nitrogen and oxygen atoms in total.